The highest BCUT2D eigenvalue weighted by atomic mass is 127. The van der Waals surface area contributed by atoms with Crippen molar-refractivity contribution < 1.29 is 9.18 Å². The molecule has 0 bridgehead atoms. The number of anilines is 1. The number of nitrogens with zero attached hydrogens (tertiary/aromatic N) is 3. The second-order valence-corrected chi connectivity index (χ2v) is 7.97. The molecule has 0 unspecified atom stereocenters. The number of hydrogen-bond acceptors (Lipinski definition) is 4. The monoisotopic (exact) mass is 551 g/mol. The molecule has 0 aliphatic carbocycles. The number of amides is 1. The fourth-order valence-electron chi connectivity index (χ4n) is 3.20. The van der Waals surface area contributed by atoms with E-state index >= 15 is 0 Å². The maximum atomic E-state index is 13.1. The number of hydrogen-bond donors (Lipinski definition) is 2. The van der Waals surface area contributed by atoms with Gasteiger partial charge in [-0.2, -0.15) is 11.8 Å². The molecule has 0 aromatic heterocycles. The Labute approximate surface area is 201 Å². The lowest BCUT2D eigenvalue weighted by Gasteiger charge is -2.36. The summed E-state index contributed by atoms with van der Waals surface area (Å²) in [7, 11) is 0. The fraction of sp³-hybridized carbons (Fsp3) is 0.619. The van der Waals surface area contributed by atoms with Crippen molar-refractivity contribution in [2.24, 2.45) is 4.99 Å². The largest absolute Gasteiger partial charge is 0.368 e. The summed E-state index contributed by atoms with van der Waals surface area (Å²) < 4.78 is 13.1. The molecular weight excluding hydrogens is 516 g/mol. The highest BCUT2D eigenvalue weighted by Crippen LogP contribution is 2.17. The Kier molecular flexibility index (Phi) is 13.9. The SMILES string of the molecule is CCNC(=NCCCCSC)NCCC(=O)N1CCN(c2ccc(F)cc2)CC1.I. The second-order valence-electron chi connectivity index (χ2n) is 6.98. The van der Waals surface area contributed by atoms with Gasteiger partial charge in [0.1, 0.15) is 5.82 Å². The van der Waals surface area contributed by atoms with E-state index < -0.39 is 0 Å². The summed E-state index contributed by atoms with van der Waals surface area (Å²) in [6, 6.07) is 6.54. The third-order valence-corrected chi connectivity index (χ3v) is 5.52. The van der Waals surface area contributed by atoms with E-state index in [4.69, 9.17) is 0 Å². The van der Waals surface area contributed by atoms with E-state index in [9.17, 15) is 9.18 Å². The van der Waals surface area contributed by atoms with E-state index in [-0.39, 0.29) is 35.7 Å². The van der Waals surface area contributed by atoms with Crippen LogP contribution < -0.4 is 15.5 Å². The Bertz CT molecular complexity index is 639. The molecule has 1 aromatic carbocycles. The van der Waals surface area contributed by atoms with Crippen molar-refractivity contribution in [2.45, 2.75) is 26.2 Å². The second kappa shape index (κ2) is 15.6. The van der Waals surface area contributed by atoms with E-state index in [1.807, 2.05) is 23.6 Å². The van der Waals surface area contributed by atoms with Crippen LogP contribution in [0.15, 0.2) is 29.3 Å². The molecule has 0 atom stereocenters. The minimum atomic E-state index is -0.226. The Hall–Kier alpha value is -1.23. The molecule has 1 saturated heterocycles. The average molecular weight is 552 g/mol. The topological polar surface area (TPSA) is 60.0 Å². The molecule has 1 fully saturated rings. The van der Waals surface area contributed by atoms with E-state index in [0.717, 1.165) is 44.2 Å². The van der Waals surface area contributed by atoms with Gasteiger partial charge in [0.05, 0.1) is 0 Å². The van der Waals surface area contributed by atoms with Crippen molar-refractivity contribution in [3.05, 3.63) is 30.1 Å². The number of carbonyl (C=O) groups is 1. The van der Waals surface area contributed by atoms with Crippen molar-refractivity contribution in [3.63, 3.8) is 0 Å². The zero-order valence-corrected chi connectivity index (χ0v) is 21.2. The maximum absolute atomic E-state index is 13.1. The smallest absolute Gasteiger partial charge is 0.224 e. The normalized spacial score (nSPS) is 14.3. The number of benzene rings is 1. The summed E-state index contributed by atoms with van der Waals surface area (Å²) in [5.74, 6) is 1.88. The first-order valence-corrected chi connectivity index (χ1v) is 11.8. The van der Waals surface area contributed by atoms with Gasteiger partial charge in [-0.3, -0.25) is 9.79 Å². The van der Waals surface area contributed by atoms with Crippen molar-refractivity contribution in [1.29, 1.82) is 0 Å². The lowest BCUT2D eigenvalue weighted by Crippen LogP contribution is -2.49. The van der Waals surface area contributed by atoms with Gasteiger partial charge in [-0.15, -0.1) is 24.0 Å². The molecule has 170 valence electrons. The molecule has 1 aromatic rings. The van der Waals surface area contributed by atoms with Gasteiger partial charge in [-0.05, 0) is 56.0 Å². The van der Waals surface area contributed by atoms with Crippen LogP contribution >= 0.6 is 35.7 Å². The van der Waals surface area contributed by atoms with Crippen LogP contribution in [0.2, 0.25) is 0 Å². The highest BCUT2D eigenvalue weighted by Gasteiger charge is 2.21. The Morgan fingerprint density at radius 2 is 1.83 bits per heavy atom. The number of thioether (sulfide) groups is 1. The Balaban J connectivity index is 0.00000450. The number of rotatable bonds is 10. The highest BCUT2D eigenvalue weighted by molar-refractivity contribution is 14.0. The molecular formula is C21H35FIN5OS. The van der Waals surface area contributed by atoms with Crippen molar-refractivity contribution >= 4 is 53.3 Å². The number of aliphatic imine (C=N–C) groups is 1. The molecule has 1 aliphatic heterocycles. The first kappa shape index (κ1) is 26.8. The van der Waals surface area contributed by atoms with Crippen molar-refractivity contribution in [1.82, 2.24) is 15.5 Å². The van der Waals surface area contributed by atoms with Crippen LogP contribution in [0.1, 0.15) is 26.2 Å². The Morgan fingerprint density at radius 1 is 1.13 bits per heavy atom. The molecule has 1 heterocycles. The maximum Gasteiger partial charge on any atom is 0.224 e. The number of unbranched alkanes of at least 4 members (excludes halogenated alkanes) is 1. The predicted octanol–water partition coefficient (Wildman–Crippen LogP) is 3.18. The van der Waals surface area contributed by atoms with Crippen LogP contribution in [0, 0.1) is 5.82 Å². The van der Waals surface area contributed by atoms with Gasteiger partial charge in [-0.1, -0.05) is 0 Å². The molecule has 2 N–H and O–H groups in total. The predicted molar refractivity (Wildman–Crippen MR) is 137 cm³/mol. The summed E-state index contributed by atoms with van der Waals surface area (Å²) in [5.41, 5.74) is 1.00. The molecule has 0 spiro atoms. The lowest BCUT2D eigenvalue weighted by atomic mass is 10.2. The lowest BCUT2D eigenvalue weighted by molar-refractivity contribution is -0.131. The molecule has 9 heteroatoms. The molecule has 30 heavy (non-hydrogen) atoms. The van der Waals surface area contributed by atoms with E-state index in [1.54, 1.807) is 12.1 Å². The van der Waals surface area contributed by atoms with Gasteiger partial charge in [0.25, 0.3) is 0 Å². The average Bonchev–Trinajstić information content (AvgIpc) is 2.74. The quantitative estimate of drug-likeness (QED) is 0.203. The van der Waals surface area contributed by atoms with Gasteiger partial charge in [-0.25, -0.2) is 4.39 Å². The van der Waals surface area contributed by atoms with E-state index in [0.29, 0.717) is 26.1 Å². The first-order valence-electron chi connectivity index (χ1n) is 10.4. The van der Waals surface area contributed by atoms with Crippen molar-refractivity contribution in [3.8, 4) is 0 Å². The third kappa shape index (κ3) is 9.72. The zero-order valence-electron chi connectivity index (χ0n) is 18.0. The van der Waals surface area contributed by atoms with Gasteiger partial charge in [0, 0.05) is 57.9 Å². The summed E-state index contributed by atoms with van der Waals surface area (Å²) in [6.45, 7) is 7.14. The molecule has 0 saturated carbocycles. The summed E-state index contributed by atoms with van der Waals surface area (Å²) in [6.07, 6.45) is 4.82. The number of carbonyl (C=O) groups excluding carboxylic acids is 1. The molecule has 1 amide bonds. The fourth-order valence-corrected chi connectivity index (χ4v) is 3.70. The summed E-state index contributed by atoms with van der Waals surface area (Å²) in [4.78, 5) is 21.2. The number of halogens is 2. The number of nitrogens with one attached hydrogen (secondary N) is 2. The summed E-state index contributed by atoms with van der Waals surface area (Å²) >= 11 is 1.86. The van der Waals surface area contributed by atoms with Crippen molar-refractivity contribution in [2.75, 3.05) is 62.7 Å². The Morgan fingerprint density at radius 3 is 2.47 bits per heavy atom. The van der Waals surface area contributed by atoms with Crippen LogP contribution in [-0.4, -0.2) is 74.6 Å². The molecule has 1 aliphatic rings. The molecule has 2 rings (SSSR count). The van der Waals surface area contributed by atoms with Gasteiger partial charge in [0.15, 0.2) is 5.96 Å². The summed E-state index contributed by atoms with van der Waals surface area (Å²) in [5, 5.41) is 6.49. The van der Waals surface area contributed by atoms with E-state index in [2.05, 4.69) is 26.8 Å². The van der Waals surface area contributed by atoms with Gasteiger partial charge >= 0.3 is 0 Å². The zero-order chi connectivity index (χ0) is 20.9. The van der Waals surface area contributed by atoms with Crippen LogP contribution in [0.25, 0.3) is 0 Å². The minimum absolute atomic E-state index is 0. The van der Waals surface area contributed by atoms with Gasteiger partial charge < -0.3 is 20.4 Å². The number of piperazine rings is 1. The minimum Gasteiger partial charge on any atom is -0.368 e. The van der Waals surface area contributed by atoms with Crippen LogP contribution in [0.3, 0.4) is 0 Å². The third-order valence-electron chi connectivity index (χ3n) is 4.83. The van der Waals surface area contributed by atoms with Crippen LogP contribution in [0.4, 0.5) is 10.1 Å². The standard InChI is InChI=1S/C21H34FN5OS.HI/c1-3-23-21(24-11-4-5-17-29-2)25-12-10-20(28)27-15-13-26(14-16-27)19-8-6-18(22)7-9-19;/h6-9H,3-5,10-17H2,1-2H3,(H2,23,24,25);1H. The first-order chi connectivity index (χ1) is 14.1. The van der Waals surface area contributed by atoms with Crippen LogP contribution in [0.5, 0.6) is 0 Å². The van der Waals surface area contributed by atoms with E-state index in [1.165, 1.54) is 24.3 Å². The van der Waals surface area contributed by atoms with Gasteiger partial charge in [0.2, 0.25) is 5.91 Å². The molecule has 6 nitrogen and oxygen atoms in total. The number of guanidine groups is 1. The van der Waals surface area contributed by atoms with Crippen LogP contribution in [-0.2, 0) is 4.79 Å². The molecule has 0 radical (unpaired) electrons.